The molecule has 0 atom stereocenters. The first-order valence-corrected chi connectivity index (χ1v) is 11.4. The van der Waals surface area contributed by atoms with Gasteiger partial charge in [0.25, 0.3) is 0 Å². The number of morpholine rings is 1. The first kappa shape index (κ1) is 23.1. The zero-order valence-electron chi connectivity index (χ0n) is 19.8. The van der Waals surface area contributed by atoms with Crippen LogP contribution in [-0.4, -0.2) is 69.8 Å². The van der Waals surface area contributed by atoms with E-state index in [1.54, 1.807) is 12.0 Å². The molecule has 33 heavy (non-hydrogen) atoms. The van der Waals surface area contributed by atoms with E-state index in [2.05, 4.69) is 58.3 Å². The molecule has 0 saturated carbocycles. The first-order valence-electron chi connectivity index (χ1n) is 11.4. The number of fused-ring (bicyclic) bond motifs is 1. The number of nitrogens with zero attached hydrogens (tertiary/aromatic N) is 3. The number of carbonyl (C=O) groups is 1. The van der Waals surface area contributed by atoms with Gasteiger partial charge < -0.3 is 19.3 Å². The molecular weight excluding hydrogens is 414 g/mol. The van der Waals surface area contributed by atoms with Gasteiger partial charge in [-0.15, -0.1) is 0 Å². The molecule has 0 spiro atoms. The summed E-state index contributed by atoms with van der Waals surface area (Å²) in [6.45, 7) is 5.01. The second kappa shape index (κ2) is 10.7. The molecule has 0 N–H and O–H groups in total. The van der Waals surface area contributed by atoms with Crippen LogP contribution in [0, 0.1) is 0 Å². The number of rotatable bonds is 8. The van der Waals surface area contributed by atoms with Gasteiger partial charge in [0.05, 0.1) is 26.9 Å². The standard InChI is InChI=1S/C27H33N3O3/c1-28(19-24-6-4-5-7-26(24)30-12-14-33-15-13-30)20-27(31)29(2)18-21-8-9-23-17-25(32-3)11-10-22(23)16-21/h4-11,16-17H,12-15,18-20H2,1-3H3. The van der Waals surface area contributed by atoms with Gasteiger partial charge in [0.15, 0.2) is 0 Å². The van der Waals surface area contributed by atoms with Crippen molar-refractivity contribution >= 4 is 22.4 Å². The van der Waals surface area contributed by atoms with Crippen molar-refractivity contribution in [2.45, 2.75) is 13.1 Å². The van der Waals surface area contributed by atoms with Gasteiger partial charge in [0, 0.05) is 38.9 Å². The second-order valence-electron chi connectivity index (χ2n) is 8.70. The molecule has 3 aromatic carbocycles. The summed E-state index contributed by atoms with van der Waals surface area (Å²) in [4.78, 5) is 19.2. The second-order valence-corrected chi connectivity index (χ2v) is 8.70. The van der Waals surface area contributed by atoms with Crippen LogP contribution in [0.5, 0.6) is 5.75 Å². The van der Waals surface area contributed by atoms with E-state index in [4.69, 9.17) is 9.47 Å². The van der Waals surface area contributed by atoms with E-state index >= 15 is 0 Å². The van der Waals surface area contributed by atoms with Crippen LogP contribution in [0.3, 0.4) is 0 Å². The average molecular weight is 448 g/mol. The normalized spacial score (nSPS) is 14.0. The number of benzene rings is 3. The average Bonchev–Trinajstić information content (AvgIpc) is 2.84. The largest absolute Gasteiger partial charge is 0.497 e. The molecule has 1 heterocycles. The fraction of sp³-hybridized carbons (Fsp3) is 0.370. The number of carbonyl (C=O) groups excluding carboxylic acids is 1. The molecule has 6 heteroatoms. The van der Waals surface area contributed by atoms with Crippen molar-refractivity contribution < 1.29 is 14.3 Å². The summed E-state index contributed by atoms with van der Waals surface area (Å²) in [6, 6.07) is 20.8. The maximum Gasteiger partial charge on any atom is 0.236 e. The van der Waals surface area contributed by atoms with Crippen LogP contribution in [-0.2, 0) is 22.6 Å². The van der Waals surface area contributed by atoms with Gasteiger partial charge in [-0.3, -0.25) is 9.69 Å². The van der Waals surface area contributed by atoms with Crippen molar-refractivity contribution in [3.63, 3.8) is 0 Å². The molecule has 174 valence electrons. The molecule has 1 amide bonds. The third kappa shape index (κ3) is 5.83. The number of amides is 1. The van der Waals surface area contributed by atoms with E-state index < -0.39 is 0 Å². The molecule has 4 rings (SSSR count). The minimum Gasteiger partial charge on any atom is -0.497 e. The predicted molar refractivity (Wildman–Crippen MR) is 133 cm³/mol. The number of para-hydroxylation sites is 1. The summed E-state index contributed by atoms with van der Waals surface area (Å²) in [7, 11) is 5.55. The lowest BCUT2D eigenvalue weighted by molar-refractivity contribution is -0.131. The van der Waals surface area contributed by atoms with Crippen molar-refractivity contribution in [1.82, 2.24) is 9.80 Å². The fourth-order valence-corrected chi connectivity index (χ4v) is 4.32. The Morgan fingerprint density at radius 3 is 2.48 bits per heavy atom. The van der Waals surface area contributed by atoms with Crippen molar-refractivity contribution in [2.24, 2.45) is 0 Å². The van der Waals surface area contributed by atoms with E-state index in [0.717, 1.165) is 54.9 Å². The monoisotopic (exact) mass is 447 g/mol. The van der Waals surface area contributed by atoms with Gasteiger partial charge in [-0.05, 0) is 53.2 Å². The van der Waals surface area contributed by atoms with Crippen LogP contribution < -0.4 is 9.64 Å². The minimum atomic E-state index is 0.108. The van der Waals surface area contributed by atoms with Gasteiger partial charge in [0.2, 0.25) is 5.91 Å². The lowest BCUT2D eigenvalue weighted by Gasteiger charge is -2.31. The molecule has 0 aliphatic carbocycles. The van der Waals surface area contributed by atoms with Gasteiger partial charge in [-0.25, -0.2) is 0 Å². The van der Waals surface area contributed by atoms with Crippen LogP contribution in [0.15, 0.2) is 60.7 Å². The Bertz CT molecular complexity index is 1090. The van der Waals surface area contributed by atoms with Crippen LogP contribution in [0.25, 0.3) is 10.8 Å². The van der Waals surface area contributed by atoms with Gasteiger partial charge >= 0.3 is 0 Å². The molecule has 0 aromatic heterocycles. The summed E-state index contributed by atoms with van der Waals surface area (Å²) in [5, 5.41) is 2.27. The van der Waals surface area contributed by atoms with Crippen LogP contribution in [0.1, 0.15) is 11.1 Å². The summed E-state index contributed by atoms with van der Waals surface area (Å²) >= 11 is 0. The Morgan fingerprint density at radius 1 is 0.970 bits per heavy atom. The minimum absolute atomic E-state index is 0.108. The van der Waals surface area contributed by atoms with E-state index in [9.17, 15) is 4.79 Å². The maximum atomic E-state index is 12.9. The third-order valence-electron chi connectivity index (χ3n) is 6.15. The molecule has 1 saturated heterocycles. The Kier molecular flexibility index (Phi) is 7.47. The molecule has 1 aliphatic rings. The Hall–Kier alpha value is -3.09. The SMILES string of the molecule is COc1ccc2cc(CN(C)C(=O)CN(C)Cc3ccccc3N3CCOCC3)ccc2c1. The van der Waals surface area contributed by atoms with E-state index in [0.29, 0.717) is 13.1 Å². The van der Waals surface area contributed by atoms with E-state index in [1.807, 2.05) is 26.2 Å². The van der Waals surface area contributed by atoms with Crippen molar-refractivity contribution in [3.05, 3.63) is 71.8 Å². The van der Waals surface area contributed by atoms with Crippen molar-refractivity contribution in [1.29, 1.82) is 0 Å². The fourth-order valence-electron chi connectivity index (χ4n) is 4.32. The van der Waals surface area contributed by atoms with Crippen molar-refractivity contribution in [2.75, 3.05) is 59.0 Å². The number of methoxy groups -OCH3 is 1. The lowest BCUT2D eigenvalue weighted by atomic mass is 10.1. The van der Waals surface area contributed by atoms with Crippen molar-refractivity contribution in [3.8, 4) is 5.75 Å². The highest BCUT2D eigenvalue weighted by atomic mass is 16.5. The number of hydrogen-bond donors (Lipinski definition) is 0. The highest BCUT2D eigenvalue weighted by molar-refractivity contribution is 5.84. The van der Waals surface area contributed by atoms with E-state index in [-0.39, 0.29) is 5.91 Å². The number of likely N-dealkylation sites (N-methyl/N-ethyl adjacent to an activating group) is 2. The van der Waals surface area contributed by atoms with Crippen LogP contribution in [0.2, 0.25) is 0 Å². The molecule has 0 bridgehead atoms. The van der Waals surface area contributed by atoms with E-state index in [1.165, 1.54) is 11.3 Å². The molecule has 1 fully saturated rings. The maximum absolute atomic E-state index is 12.9. The molecule has 0 unspecified atom stereocenters. The molecule has 3 aromatic rings. The molecule has 1 aliphatic heterocycles. The van der Waals surface area contributed by atoms with Gasteiger partial charge in [-0.2, -0.15) is 0 Å². The molecule has 0 radical (unpaired) electrons. The molecular formula is C27H33N3O3. The summed E-state index contributed by atoms with van der Waals surface area (Å²) in [5.41, 5.74) is 3.59. The number of anilines is 1. The topological polar surface area (TPSA) is 45.2 Å². The zero-order chi connectivity index (χ0) is 23.2. The highest BCUT2D eigenvalue weighted by Gasteiger charge is 2.17. The predicted octanol–water partition coefficient (Wildman–Crippen LogP) is 3.78. The highest BCUT2D eigenvalue weighted by Crippen LogP contribution is 2.24. The molecule has 6 nitrogen and oxygen atoms in total. The summed E-state index contributed by atoms with van der Waals surface area (Å²) in [5.74, 6) is 0.956. The quantitative estimate of drug-likeness (QED) is 0.526. The smallest absolute Gasteiger partial charge is 0.236 e. The summed E-state index contributed by atoms with van der Waals surface area (Å²) < 4.78 is 10.8. The number of hydrogen-bond acceptors (Lipinski definition) is 5. The van der Waals surface area contributed by atoms with Gasteiger partial charge in [0.1, 0.15) is 5.75 Å². The zero-order valence-corrected chi connectivity index (χ0v) is 19.8. The summed E-state index contributed by atoms with van der Waals surface area (Å²) in [6.07, 6.45) is 0. The lowest BCUT2D eigenvalue weighted by Crippen LogP contribution is -2.38. The van der Waals surface area contributed by atoms with Crippen LogP contribution >= 0.6 is 0 Å². The third-order valence-corrected chi connectivity index (χ3v) is 6.15. The Balaban J connectivity index is 1.36. The number of ether oxygens (including phenoxy) is 2. The Labute approximate surface area is 196 Å². The Morgan fingerprint density at radius 2 is 1.70 bits per heavy atom. The first-order chi connectivity index (χ1) is 16.0. The van der Waals surface area contributed by atoms with Crippen LogP contribution in [0.4, 0.5) is 5.69 Å². The van der Waals surface area contributed by atoms with Gasteiger partial charge in [-0.1, -0.05) is 36.4 Å².